The van der Waals surface area contributed by atoms with E-state index < -0.39 is 0 Å². The summed E-state index contributed by atoms with van der Waals surface area (Å²) in [6.07, 6.45) is 7.46. The Kier molecular flexibility index (Phi) is 7.47. The first-order valence-electron chi connectivity index (χ1n) is 9.74. The topological polar surface area (TPSA) is 61.1 Å². The van der Waals surface area contributed by atoms with Gasteiger partial charge in [-0.15, -0.1) is 11.3 Å². The average Bonchev–Trinajstić information content (AvgIpc) is 3.17. The van der Waals surface area contributed by atoms with Crippen LogP contribution >= 0.6 is 11.3 Å². The van der Waals surface area contributed by atoms with Crippen molar-refractivity contribution in [2.75, 3.05) is 7.05 Å². The van der Waals surface area contributed by atoms with Crippen molar-refractivity contribution >= 4 is 28.8 Å². The van der Waals surface area contributed by atoms with E-state index in [0.717, 1.165) is 41.0 Å². The molecule has 0 aliphatic heterocycles. The standard InChI is InChI=1S/C24H26N4S/c1-18-27-22(17-29-18)15-8-3-5-10-19-11-9-14-21(16-19)24(28-26-2)23(25)20-12-6-4-7-13-20/h4-7,9-14,16-17,25-26H,3,8,15H2,1-2H3/b10-5+,25-23?,28-24-. The maximum Gasteiger partial charge on any atom is 0.116 e. The van der Waals surface area contributed by atoms with Crippen LogP contribution in [-0.4, -0.2) is 23.5 Å². The summed E-state index contributed by atoms with van der Waals surface area (Å²) < 4.78 is 0. The molecular formula is C24H26N4S. The molecule has 0 unspecified atom stereocenters. The minimum Gasteiger partial charge on any atom is -0.312 e. The maximum atomic E-state index is 8.58. The predicted molar refractivity (Wildman–Crippen MR) is 124 cm³/mol. The van der Waals surface area contributed by atoms with Crippen LogP contribution in [0.4, 0.5) is 0 Å². The number of hydrazone groups is 1. The van der Waals surface area contributed by atoms with Gasteiger partial charge in [0.2, 0.25) is 0 Å². The molecule has 2 aromatic carbocycles. The summed E-state index contributed by atoms with van der Waals surface area (Å²) in [6.45, 7) is 2.05. The van der Waals surface area contributed by atoms with E-state index in [9.17, 15) is 0 Å². The molecule has 0 fully saturated rings. The molecule has 148 valence electrons. The quantitative estimate of drug-likeness (QED) is 0.283. The number of nitrogens with one attached hydrogen (secondary N) is 2. The minimum atomic E-state index is 0.402. The van der Waals surface area contributed by atoms with Gasteiger partial charge in [0, 0.05) is 23.6 Å². The summed E-state index contributed by atoms with van der Waals surface area (Å²) in [5, 5.41) is 16.2. The van der Waals surface area contributed by atoms with Crippen molar-refractivity contribution in [2.45, 2.75) is 26.2 Å². The Bertz CT molecular complexity index is 1000. The van der Waals surface area contributed by atoms with Crippen molar-refractivity contribution in [3.63, 3.8) is 0 Å². The van der Waals surface area contributed by atoms with Crippen molar-refractivity contribution in [1.82, 2.24) is 10.4 Å². The van der Waals surface area contributed by atoms with Crippen LogP contribution in [-0.2, 0) is 6.42 Å². The minimum absolute atomic E-state index is 0.402. The highest BCUT2D eigenvalue weighted by Crippen LogP contribution is 2.14. The number of nitrogens with zero attached hydrogens (tertiary/aromatic N) is 2. The second kappa shape index (κ2) is 10.5. The lowest BCUT2D eigenvalue weighted by Crippen LogP contribution is -2.19. The van der Waals surface area contributed by atoms with E-state index in [0.29, 0.717) is 11.4 Å². The van der Waals surface area contributed by atoms with E-state index in [1.165, 1.54) is 5.69 Å². The normalized spacial score (nSPS) is 11.7. The molecule has 0 saturated carbocycles. The highest BCUT2D eigenvalue weighted by atomic mass is 32.1. The zero-order chi connectivity index (χ0) is 20.5. The summed E-state index contributed by atoms with van der Waals surface area (Å²) in [5.41, 5.74) is 7.94. The summed E-state index contributed by atoms with van der Waals surface area (Å²) in [6, 6.07) is 17.8. The van der Waals surface area contributed by atoms with E-state index in [1.54, 1.807) is 18.4 Å². The van der Waals surface area contributed by atoms with Crippen LogP contribution < -0.4 is 5.43 Å². The Morgan fingerprint density at radius 3 is 2.66 bits per heavy atom. The number of aryl methyl sites for hydroxylation is 2. The SMILES string of the molecule is CN/N=C(\C(=N)c1ccccc1)c1cccc(/C=C/CCCc2csc(C)n2)c1. The lowest BCUT2D eigenvalue weighted by molar-refractivity contribution is 0.823. The number of hydrogen-bond acceptors (Lipinski definition) is 5. The van der Waals surface area contributed by atoms with E-state index >= 15 is 0 Å². The number of allylic oxidation sites excluding steroid dienone is 1. The largest absolute Gasteiger partial charge is 0.312 e. The smallest absolute Gasteiger partial charge is 0.116 e. The Morgan fingerprint density at radius 1 is 1.14 bits per heavy atom. The van der Waals surface area contributed by atoms with Gasteiger partial charge in [0.25, 0.3) is 0 Å². The fourth-order valence-electron chi connectivity index (χ4n) is 3.05. The molecule has 0 amide bonds. The first-order chi connectivity index (χ1) is 14.2. The molecule has 0 atom stereocenters. The van der Waals surface area contributed by atoms with Gasteiger partial charge in [0.15, 0.2) is 0 Å². The van der Waals surface area contributed by atoms with Gasteiger partial charge in [0.05, 0.1) is 16.4 Å². The second-order valence-electron chi connectivity index (χ2n) is 6.70. The van der Waals surface area contributed by atoms with Crippen LogP contribution in [0.3, 0.4) is 0 Å². The number of rotatable bonds is 9. The van der Waals surface area contributed by atoms with Gasteiger partial charge < -0.3 is 5.43 Å². The van der Waals surface area contributed by atoms with Crippen LogP contribution in [0.2, 0.25) is 0 Å². The Hall–Kier alpha value is -3.05. The highest BCUT2D eigenvalue weighted by Gasteiger charge is 2.12. The Labute approximate surface area is 176 Å². The van der Waals surface area contributed by atoms with Crippen LogP contribution in [0.1, 0.15) is 40.2 Å². The first kappa shape index (κ1) is 20.7. The van der Waals surface area contributed by atoms with Crippen molar-refractivity contribution in [1.29, 1.82) is 5.41 Å². The van der Waals surface area contributed by atoms with Crippen LogP contribution in [0.5, 0.6) is 0 Å². The summed E-state index contributed by atoms with van der Waals surface area (Å²) >= 11 is 1.71. The summed E-state index contributed by atoms with van der Waals surface area (Å²) in [7, 11) is 1.76. The number of benzene rings is 2. The second-order valence-corrected chi connectivity index (χ2v) is 7.77. The van der Waals surface area contributed by atoms with Gasteiger partial charge in [0.1, 0.15) is 5.71 Å². The van der Waals surface area contributed by atoms with Crippen molar-refractivity contribution in [3.8, 4) is 0 Å². The molecule has 3 rings (SSSR count). The number of aromatic nitrogens is 1. The molecule has 2 N–H and O–H groups in total. The molecule has 3 aromatic rings. The Morgan fingerprint density at radius 2 is 1.93 bits per heavy atom. The molecule has 29 heavy (non-hydrogen) atoms. The van der Waals surface area contributed by atoms with Crippen LogP contribution in [0.25, 0.3) is 6.08 Å². The molecule has 1 aromatic heterocycles. The average molecular weight is 403 g/mol. The molecule has 0 bridgehead atoms. The molecule has 0 spiro atoms. The van der Waals surface area contributed by atoms with Crippen molar-refractivity contribution in [3.05, 3.63) is 93.4 Å². The molecule has 0 aliphatic rings. The van der Waals surface area contributed by atoms with Crippen LogP contribution in [0.15, 0.2) is 71.2 Å². The fraction of sp³-hybridized carbons (Fsp3) is 0.208. The monoisotopic (exact) mass is 402 g/mol. The van der Waals surface area contributed by atoms with Gasteiger partial charge in [-0.25, -0.2) is 4.98 Å². The van der Waals surface area contributed by atoms with Crippen molar-refractivity contribution < 1.29 is 0 Å². The maximum absolute atomic E-state index is 8.58. The van der Waals surface area contributed by atoms with E-state index in [2.05, 4.69) is 45.2 Å². The summed E-state index contributed by atoms with van der Waals surface area (Å²) in [4.78, 5) is 4.51. The Balaban J connectivity index is 1.66. The van der Waals surface area contributed by atoms with E-state index in [1.807, 2.05) is 49.4 Å². The van der Waals surface area contributed by atoms with Gasteiger partial charge >= 0.3 is 0 Å². The lowest BCUT2D eigenvalue weighted by Gasteiger charge is -2.09. The van der Waals surface area contributed by atoms with Crippen molar-refractivity contribution in [2.24, 2.45) is 5.10 Å². The third-order valence-corrected chi connectivity index (χ3v) is 5.29. The number of thiazole rings is 1. The zero-order valence-electron chi connectivity index (χ0n) is 16.9. The molecule has 0 saturated heterocycles. The van der Waals surface area contributed by atoms with Gasteiger partial charge in [-0.3, -0.25) is 5.41 Å². The highest BCUT2D eigenvalue weighted by molar-refractivity contribution is 7.09. The molecule has 1 heterocycles. The first-order valence-corrected chi connectivity index (χ1v) is 10.6. The van der Waals surface area contributed by atoms with Gasteiger partial charge in [-0.1, -0.05) is 60.7 Å². The van der Waals surface area contributed by atoms with E-state index in [-0.39, 0.29) is 0 Å². The number of unbranched alkanes of at least 4 members (excludes halogenated alkanes) is 1. The molecular weight excluding hydrogens is 376 g/mol. The van der Waals surface area contributed by atoms with Crippen LogP contribution in [0, 0.1) is 12.3 Å². The fourth-order valence-corrected chi connectivity index (χ4v) is 3.70. The third kappa shape index (κ3) is 5.96. The zero-order valence-corrected chi connectivity index (χ0v) is 17.7. The van der Waals surface area contributed by atoms with Gasteiger partial charge in [-0.05, 0) is 37.8 Å². The molecule has 0 aliphatic carbocycles. The van der Waals surface area contributed by atoms with E-state index in [4.69, 9.17) is 5.41 Å². The number of hydrogen-bond donors (Lipinski definition) is 2. The molecule has 0 radical (unpaired) electrons. The predicted octanol–water partition coefficient (Wildman–Crippen LogP) is 5.48. The third-order valence-electron chi connectivity index (χ3n) is 4.46. The molecule has 4 nitrogen and oxygen atoms in total. The molecule has 5 heteroatoms. The lowest BCUT2D eigenvalue weighted by atomic mass is 9.98. The summed E-state index contributed by atoms with van der Waals surface area (Å²) in [5.74, 6) is 0. The van der Waals surface area contributed by atoms with Gasteiger partial charge in [-0.2, -0.15) is 5.10 Å².